The number of carbonyl (C=O) groups excluding carboxylic acids is 12. The highest BCUT2D eigenvalue weighted by atomic mass is 16.2. The Hall–Kier alpha value is -4.84. The normalized spacial score (nSPS) is 13.6. The van der Waals surface area contributed by atoms with Crippen LogP contribution in [-0.2, 0) is 57.5 Å². The molecule has 0 aromatic carbocycles. The first-order valence-electron chi connectivity index (χ1n) is 24.2. The van der Waals surface area contributed by atoms with Gasteiger partial charge in [0.25, 0.3) is 0 Å². The van der Waals surface area contributed by atoms with Gasteiger partial charge < -0.3 is 21.3 Å². The van der Waals surface area contributed by atoms with Crippen molar-refractivity contribution in [3.05, 3.63) is 0 Å². The van der Waals surface area contributed by atoms with Crippen LogP contribution in [-0.4, -0.2) is 143 Å². The molecule has 68 heavy (non-hydrogen) atoms. The second kappa shape index (κ2) is 30.6. The van der Waals surface area contributed by atoms with Gasteiger partial charge in [0.1, 0.15) is 23.1 Å². The summed E-state index contributed by atoms with van der Waals surface area (Å²) in [6.07, 6.45) is -1.08. The smallest absolute Gasteiger partial charge is 0.234 e. The van der Waals surface area contributed by atoms with Crippen molar-refractivity contribution in [3.8, 4) is 0 Å². The van der Waals surface area contributed by atoms with Gasteiger partial charge in [-0.15, -0.1) is 0 Å². The third-order valence-electron chi connectivity index (χ3n) is 11.4. The molecule has 0 aliphatic heterocycles. The van der Waals surface area contributed by atoms with Crippen molar-refractivity contribution < 1.29 is 57.5 Å². The van der Waals surface area contributed by atoms with Crippen LogP contribution >= 0.6 is 0 Å². The first kappa shape index (κ1) is 63.2. The minimum absolute atomic E-state index is 0.219. The molecule has 0 saturated heterocycles. The summed E-state index contributed by atoms with van der Waals surface area (Å²) in [5, 5.41) is 10.6. The van der Waals surface area contributed by atoms with Crippen LogP contribution in [0.4, 0.5) is 0 Å². The molecule has 0 rings (SSSR count). The van der Waals surface area contributed by atoms with Crippen molar-refractivity contribution >= 4 is 69.9 Å². The van der Waals surface area contributed by atoms with Crippen molar-refractivity contribution in [1.82, 2.24) is 31.1 Å². The van der Waals surface area contributed by atoms with Crippen LogP contribution in [0.3, 0.4) is 0 Å². The lowest BCUT2D eigenvalue weighted by Gasteiger charge is -2.29. The summed E-state index contributed by atoms with van der Waals surface area (Å²) < 4.78 is 0. The van der Waals surface area contributed by atoms with Crippen LogP contribution in [0.25, 0.3) is 0 Å². The zero-order valence-electron chi connectivity index (χ0n) is 43.8. The van der Waals surface area contributed by atoms with Crippen LogP contribution in [0.2, 0.25) is 0 Å². The van der Waals surface area contributed by atoms with E-state index in [1.165, 1.54) is 9.80 Å². The van der Waals surface area contributed by atoms with Crippen molar-refractivity contribution in [1.29, 1.82) is 0 Å². The van der Waals surface area contributed by atoms with Crippen molar-refractivity contribution in [3.63, 3.8) is 0 Å². The lowest BCUT2D eigenvalue weighted by molar-refractivity contribution is -0.135. The van der Waals surface area contributed by atoms with Gasteiger partial charge in [-0.3, -0.25) is 67.3 Å². The largest absolute Gasteiger partial charge is 0.345 e. The Bertz CT molecular complexity index is 1550. The molecule has 4 atom stereocenters. The predicted octanol–water partition coefficient (Wildman–Crippen LogP) is 2.89. The lowest BCUT2D eigenvalue weighted by atomic mass is 9.94. The SMILES string of the molecule is CC(C)C(=O)CC(NC(=O)CN(CCN(CC(=O)NC(CC(=O)C(C)C)C(=O)C(C)C)CC(=O)NC(CC(=O)C(C)C)C(=O)C(C)C)CC(=O)NC(CC(=O)C(C)C)C(=O)C(C)C)C(=O)C(C)C. The van der Waals surface area contributed by atoms with Crippen LogP contribution in [0.1, 0.15) is 136 Å². The number of carbonyl (C=O) groups is 12. The van der Waals surface area contributed by atoms with Crippen LogP contribution in [0.5, 0.6) is 0 Å². The van der Waals surface area contributed by atoms with Gasteiger partial charge >= 0.3 is 0 Å². The fourth-order valence-corrected chi connectivity index (χ4v) is 6.73. The Morgan fingerprint density at radius 3 is 0.574 bits per heavy atom. The van der Waals surface area contributed by atoms with Crippen molar-refractivity contribution in [2.75, 3.05) is 39.3 Å². The maximum absolute atomic E-state index is 13.8. The Morgan fingerprint density at radius 1 is 0.279 bits per heavy atom. The molecule has 4 amide bonds. The molecule has 0 radical (unpaired) electrons. The Balaban J connectivity index is 7.24. The molecular formula is C50H84N6O12. The maximum atomic E-state index is 13.8. The molecule has 386 valence electrons. The summed E-state index contributed by atoms with van der Waals surface area (Å²) in [5.74, 6) is -9.47. The highest BCUT2D eigenvalue weighted by molar-refractivity contribution is 5.98. The second-order valence-corrected chi connectivity index (χ2v) is 20.4. The Labute approximate surface area is 404 Å². The Morgan fingerprint density at radius 2 is 0.441 bits per heavy atom. The second-order valence-electron chi connectivity index (χ2n) is 20.4. The van der Waals surface area contributed by atoms with E-state index in [9.17, 15) is 57.5 Å². The number of nitrogens with one attached hydrogen (secondary N) is 4. The molecular weight excluding hydrogens is 877 g/mol. The fraction of sp³-hybridized carbons (Fsp3) is 0.760. The van der Waals surface area contributed by atoms with Gasteiger partial charge in [0.2, 0.25) is 23.6 Å². The molecule has 0 spiro atoms. The predicted molar refractivity (Wildman–Crippen MR) is 258 cm³/mol. The standard InChI is InChI=1S/C50H84N6O12/c1-27(2)39(57)19-35(47(65)31(9)10)51-43(61)23-55(24-44(62)52-36(48(66)32(11)12)20-40(58)28(3)4)17-18-56(25-45(63)53-37(49(67)33(13)14)21-41(59)29(5)6)26-46(64)54-38(50(68)34(15)16)22-42(60)30(7)8/h27-38H,17-26H2,1-16H3,(H,51,61)(H,52,62)(H,53,63)(H,54,64). The van der Waals surface area contributed by atoms with Gasteiger partial charge in [0, 0.05) is 86.1 Å². The number of rotatable bonds is 35. The zero-order chi connectivity index (χ0) is 52.9. The van der Waals surface area contributed by atoms with E-state index in [1.807, 2.05) is 0 Å². The van der Waals surface area contributed by atoms with E-state index >= 15 is 0 Å². The number of hydrogen-bond acceptors (Lipinski definition) is 14. The number of amides is 4. The molecule has 18 heteroatoms. The number of hydrogen-bond donors (Lipinski definition) is 4. The molecule has 4 unspecified atom stereocenters. The van der Waals surface area contributed by atoms with E-state index in [-0.39, 0.29) is 61.9 Å². The molecule has 0 fully saturated rings. The summed E-state index contributed by atoms with van der Waals surface area (Å²) in [4.78, 5) is 162. The monoisotopic (exact) mass is 961 g/mol. The first-order chi connectivity index (χ1) is 31.3. The quantitative estimate of drug-likeness (QED) is 0.0713. The fourth-order valence-electron chi connectivity index (χ4n) is 6.73. The van der Waals surface area contributed by atoms with E-state index in [0.29, 0.717) is 0 Å². The highest BCUT2D eigenvalue weighted by Gasteiger charge is 2.33. The average Bonchev–Trinajstić information content (AvgIpc) is 3.22. The third kappa shape index (κ3) is 23.9. The molecule has 4 N–H and O–H groups in total. The van der Waals surface area contributed by atoms with E-state index in [2.05, 4.69) is 21.3 Å². The minimum Gasteiger partial charge on any atom is -0.345 e. The van der Waals surface area contributed by atoms with Crippen molar-refractivity contribution in [2.24, 2.45) is 47.3 Å². The molecule has 18 nitrogen and oxygen atoms in total. The molecule has 0 aliphatic rings. The van der Waals surface area contributed by atoms with Gasteiger partial charge in [-0.25, -0.2) is 0 Å². The van der Waals surface area contributed by atoms with Gasteiger partial charge in [-0.1, -0.05) is 111 Å². The van der Waals surface area contributed by atoms with Crippen LogP contribution in [0, 0.1) is 47.3 Å². The summed E-state index contributed by atoms with van der Waals surface area (Å²) in [6, 6.07) is -4.72. The summed E-state index contributed by atoms with van der Waals surface area (Å²) in [5.41, 5.74) is 0. The van der Waals surface area contributed by atoms with Crippen LogP contribution < -0.4 is 21.3 Å². The molecule has 0 bridgehead atoms. The lowest BCUT2D eigenvalue weighted by Crippen LogP contribution is -2.54. The first-order valence-corrected chi connectivity index (χ1v) is 24.2. The zero-order valence-corrected chi connectivity index (χ0v) is 43.8. The average molecular weight is 961 g/mol. The number of nitrogens with zero attached hydrogens (tertiary/aromatic N) is 2. The number of ketones is 8. The van der Waals surface area contributed by atoms with E-state index in [4.69, 9.17) is 0 Å². The highest BCUT2D eigenvalue weighted by Crippen LogP contribution is 2.13. The molecule has 0 aliphatic carbocycles. The summed E-state index contributed by atoms with van der Waals surface area (Å²) >= 11 is 0. The van der Waals surface area contributed by atoms with Crippen LogP contribution in [0.15, 0.2) is 0 Å². The van der Waals surface area contributed by atoms with Crippen molar-refractivity contribution in [2.45, 2.75) is 161 Å². The topological polar surface area (TPSA) is 259 Å². The maximum Gasteiger partial charge on any atom is 0.234 e. The third-order valence-corrected chi connectivity index (χ3v) is 11.4. The van der Waals surface area contributed by atoms with Gasteiger partial charge in [0.05, 0.1) is 50.3 Å². The number of Topliss-reactive ketones (excluding diaryl/α,β-unsaturated/α-hetero) is 8. The van der Waals surface area contributed by atoms with E-state index < -0.39 is 144 Å². The molecule has 0 aromatic rings. The minimum atomic E-state index is -1.18. The van der Waals surface area contributed by atoms with E-state index in [0.717, 1.165) is 0 Å². The van der Waals surface area contributed by atoms with E-state index in [1.54, 1.807) is 111 Å². The summed E-state index contributed by atoms with van der Waals surface area (Å²) in [6.45, 7) is 23.7. The summed E-state index contributed by atoms with van der Waals surface area (Å²) in [7, 11) is 0. The van der Waals surface area contributed by atoms with Gasteiger partial charge in [0.15, 0.2) is 23.1 Å². The Kier molecular flexibility index (Phi) is 28.4. The molecule has 0 saturated carbocycles. The van der Waals surface area contributed by atoms with Gasteiger partial charge in [-0.05, 0) is 0 Å². The molecule has 0 aromatic heterocycles. The van der Waals surface area contributed by atoms with Gasteiger partial charge in [-0.2, -0.15) is 0 Å². The molecule has 0 heterocycles.